The summed E-state index contributed by atoms with van der Waals surface area (Å²) in [6.45, 7) is 11.6. The molecule has 2 aromatic carbocycles. The Hall–Kier alpha value is -3.43. The van der Waals surface area contributed by atoms with Crippen LogP contribution >= 0.6 is 0 Å². The molecule has 0 saturated carbocycles. The number of carbonyl (C=O) groups is 3. The molecule has 7 atom stereocenters. The van der Waals surface area contributed by atoms with Gasteiger partial charge in [0.15, 0.2) is 0 Å². The zero-order valence-electron chi connectivity index (χ0n) is 26.0. The summed E-state index contributed by atoms with van der Waals surface area (Å²) in [5.41, 5.74) is 0.311. The fourth-order valence-corrected chi connectivity index (χ4v) is 7.82. The van der Waals surface area contributed by atoms with Gasteiger partial charge in [0.05, 0.1) is 30.1 Å². The van der Waals surface area contributed by atoms with Gasteiger partial charge >= 0.3 is 0 Å². The van der Waals surface area contributed by atoms with Gasteiger partial charge in [0.25, 0.3) is 0 Å². The lowest BCUT2D eigenvalue weighted by Gasteiger charge is -2.39. The molecule has 3 N–H and O–H groups in total. The summed E-state index contributed by atoms with van der Waals surface area (Å²) in [5.74, 6) is -2.58. The van der Waals surface area contributed by atoms with Crippen molar-refractivity contribution in [1.29, 1.82) is 0 Å². The highest BCUT2D eigenvalue weighted by Gasteiger charge is 2.79. The molecule has 2 unspecified atom stereocenters. The van der Waals surface area contributed by atoms with Crippen LogP contribution in [0.4, 0.5) is 17.1 Å². The van der Waals surface area contributed by atoms with E-state index in [0.717, 1.165) is 18.8 Å². The molecule has 1 spiro atoms. The minimum Gasteiger partial charge on any atom is -0.394 e. The molecule has 3 fully saturated rings. The lowest BCUT2D eigenvalue weighted by molar-refractivity contribution is -0.149. The predicted octanol–water partition coefficient (Wildman–Crippen LogP) is 4.67. The second-order valence-corrected chi connectivity index (χ2v) is 12.3. The molecule has 9 heteroatoms. The maximum Gasteiger partial charge on any atom is 0.250 e. The van der Waals surface area contributed by atoms with Crippen molar-refractivity contribution in [3.8, 4) is 0 Å². The molecule has 2 bridgehead atoms. The zero-order chi connectivity index (χ0) is 30.9. The molecule has 3 aliphatic rings. The molecule has 2 aromatic rings. The summed E-state index contributed by atoms with van der Waals surface area (Å²) < 4.78 is 6.88. The normalized spacial score (nSPS) is 28.8. The highest BCUT2D eigenvalue weighted by molar-refractivity contribution is 6.05. The number of aliphatic hydroxyl groups is 1. The van der Waals surface area contributed by atoms with E-state index in [-0.39, 0.29) is 30.2 Å². The number of aliphatic hydroxyl groups excluding tert-OH is 1. The number of hydrogen-bond donors (Lipinski definition) is 3. The van der Waals surface area contributed by atoms with Crippen LogP contribution < -0.4 is 15.5 Å². The van der Waals surface area contributed by atoms with Crippen molar-refractivity contribution in [2.24, 2.45) is 17.8 Å². The first-order chi connectivity index (χ1) is 20.7. The summed E-state index contributed by atoms with van der Waals surface area (Å²) in [6.07, 6.45) is 2.32. The van der Waals surface area contributed by atoms with Crippen molar-refractivity contribution < 1.29 is 24.2 Å². The minimum atomic E-state index is -1.17. The third-order valence-corrected chi connectivity index (χ3v) is 10.3. The molecule has 9 nitrogen and oxygen atoms in total. The van der Waals surface area contributed by atoms with E-state index < -0.39 is 35.1 Å². The van der Waals surface area contributed by atoms with E-state index in [1.165, 1.54) is 0 Å². The van der Waals surface area contributed by atoms with E-state index in [1.807, 2.05) is 75.4 Å². The van der Waals surface area contributed by atoms with Crippen LogP contribution in [0.3, 0.4) is 0 Å². The van der Waals surface area contributed by atoms with E-state index in [9.17, 15) is 19.5 Å². The van der Waals surface area contributed by atoms with Gasteiger partial charge in [-0.05, 0) is 75.4 Å². The first-order valence-electron chi connectivity index (χ1n) is 15.8. The Labute approximate surface area is 255 Å². The number of amides is 3. The first kappa shape index (κ1) is 31.0. The summed E-state index contributed by atoms with van der Waals surface area (Å²) in [5, 5.41) is 16.6. The molecule has 5 rings (SSSR count). The number of benzene rings is 2. The minimum absolute atomic E-state index is 0.0678. The maximum atomic E-state index is 14.5. The Morgan fingerprint density at radius 2 is 1.60 bits per heavy atom. The molecule has 3 aliphatic heterocycles. The van der Waals surface area contributed by atoms with Crippen molar-refractivity contribution in [3.63, 3.8) is 0 Å². The number of ether oxygens (including phenoxy) is 1. The standard InChI is InChI=1S/C34H46N4O5/c1-6-22(5)26(21-39)38-29(31(41)36-24-15-17-25(18-16-24)37(8-3)9-4)34-20-19-33(7-2,43-34)27(28(34)32(38)42)30(40)35-23-13-11-10-12-14-23/h10-18,22,26-29,39H,6-9,19-21H2,1-5H3,(H,35,40)(H,36,41)/t22-,26-,27+,28-,29?,33-,34?/m0/s1. The molecule has 0 aromatic heterocycles. The zero-order valence-corrected chi connectivity index (χ0v) is 26.0. The smallest absolute Gasteiger partial charge is 0.250 e. The molecular formula is C34H46N4O5. The Morgan fingerprint density at radius 3 is 2.19 bits per heavy atom. The number of fused-ring (bicyclic) bond motifs is 1. The summed E-state index contributed by atoms with van der Waals surface area (Å²) in [4.78, 5) is 46.6. The Bertz CT molecular complexity index is 1320. The van der Waals surface area contributed by atoms with Gasteiger partial charge in [-0.15, -0.1) is 0 Å². The second kappa shape index (κ2) is 12.3. The number of rotatable bonds is 12. The van der Waals surface area contributed by atoms with Crippen molar-refractivity contribution in [2.75, 3.05) is 35.2 Å². The Morgan fingerprint density at radius 1 is 0.977 bits per heavy atom. The number of nitrogens with one attached hydrogen (secondary N) is 2. The van der Waals surface area contributed by atoms with E-state index in [0.29, 0.717) is 37.1 Å². The lowest BCUT2D eigenvalue weighted by atomic mass is 9.65. The van der Waals surface area contributed by atoms with Gasteiger partial charge in [-0.3, -0.25) is 14.4 Å². The number of likely N-dealkylation sites (tertiary alicyclic amines) is 1. The third-order valence-electron chi connectivity index (χ3n) is 10.3. The van der Waals surface area contributed by atoms with Crippen LogP contribution in [0.15, 0.2) is 54.6 Å². The number of nitrogens with zero attached hydrogens (tertiary/aromatic N) is 2. The van der Waals surface area contributed by atoms with Crippen LogP contribution in [-0.2, 0) is 19.1 Å². The van der Waals surface area contributed by atoms with E-state index in [2.05, 4.69) is 29.4 Å². The van der Waals surface area contributed by atoms with Gasteiger partial charge in [-0.2, -0.15) is 0 Å². The van der Waals surface area contributed by atoms with Gasteiger partial charge in [0.1, 0.15) is 11.6 Å². The number of hydrogen-bond acceptors (Lipinski definition) is 6. The largest absolute Gasteiger partial charge is 0.394 e. The van der Waals surface area contributed by atoms with Gasteiger partial charge < -0.3 is 30.3 Å². The topological polar surface area (TPSA) is 111 Å². The number of anilines is 3. The van der Waals surface area contributed by atoms with Crippen LogP contribution in [0.1, 0.15) is 60.3 Å². The van der Waals surface area contributed by atoms with Gasteiger partial charge in [-0.25, -0.2) is 0 Å². The quantitative estimate of drug-likeness (QED) is 0.331. The van der Waals surface area contributed by atoms with Crippen LogP contribution in [0.5, 0.6) is 0 Å². The molecule has 43 heavy (non-hydrogen) atoms. The summed E-state index contributed by atoms with van der Waals surface area (Å²) in [7, 11) is 0. The summed E-state index contributed by atoms with van der Waals surface area (Å²) >= 11 is 0. The molecule has 3 saturated heterocycles. The number of carbonyl (C=O) groups excluding carboxylic acids is 3. The Balaban J connectivity index is 1.53. The molecule has 0 aliphatic carbocycles. The average molecular weight is 591 g/mol. The lowest BCUT2D eigenvalue weighted by Crippen LogP contribution is -2.57. The fraction of sp³-hybridized carbons (Fsp3) is 0.559. The third kappa shape index (κ3) is 5.10. The first-order valence-corrected chi connectivity index (χ1v) is 15.8. The van der Waals surface area contributed by atoms with Gasteiger partial charge in [0, 0.05) is 30.2 Å². The average Bonchev–Trinajstić information content (AvgIpc) is 3.63. The van der Waals surface area contributed by atoms with Crippen LogP contribution in [0.2, 0.25) is 0 Å². The SMILES string of the molecule is CC[C@H](C)[C@H](CO)N1C(=O)[C@@H]2[C@H](C(=O)Nc3ccccc3)[C@]3(CC)CCC2(O3)C1C(=O)Nc1ccc(N(CC)CC)cc1. The highest BCUT2D eigenvalue weighted by atomic mass is 16.5. The maximum absolute atomic E-state index is 14.5. The molecule has 0 radical (unpaired) electrons. The monoisotopic (exact) mass is 590 g/mol. The van der Waals surface area contributed by atoms with Crippen LogP contribution in [0.25, 0.3) is 0 Å². The highest BCUT2D eigenvalue weighted by Crippen LogP contribution is 2.64. The number of para-hydroxylation sites is 1. The van der Waals surface area contributed by atoms with Gasteiger partial charge in [0.2, 0.25) is 17.7 Å². The van der Waals surface area contributed by atoms with E-state index in [4.69, 9.17) is 4.74 Å². The second-order valence-electron chi connectivity index (χ2n) is 12.3. The van der Waals surface area contributed by atoms with Crippen molar-refractivity contribution in [1.82, 2.24) is 4.90 Å². The molecule has 3 heterocycles. The van der Waals surface area contributed by atoms with Crippen LogP contribution in [-0.4, -0.2) is 70.7 Å². The molecule has 232 valence electrons. The van der Waals surface area contributed by atoms with Crippen molar-refractivity contribution in [3.05, 3.63) is 54.6 Å². The fourth-order valence-electron chi connectivity index (χ4n) is 7.82. The van der Waals surface area contributed by atoms with Crippen molar-refractivity contribution >= 4 is 34.8 Å². The van der Waals surface area contributed by atoms with Gasteiger partial charge in [-0.1, -0.05) is 45.4 Å². The van der Waals surface area contributed by atoms with E-state index in [1.54, 1.807) is 4.90 Å². The van der Waals surface area contributed by atoms with Crippen LogP contribution in [0, 0.1) is 17.8 Å². The molecule has 3 amide bonds. The Kier molecular flexibility index (Phi) is 8.86. The molecular weight excluding hydrogens is 544 g/mol. The predicted molar refractivity (Wildman–Crippen MR) is 168 cm³/mol. The van der Waals surface area contributed by atoms with Crippen molar-refractivity contribution in [2.45, 2.75) is 83.6 Å². The summed E-state index contributed by atoms with van der Waals surface area (Å²) in [6, 6.07) is 15.3. The van der Waals surface area contributed by atoms with E-state index >= 15 is 0 Å².